The molecule has 0 radical (unpaired) electrons. The minimum Gasteiger partial charge on any atom is -0.363 e. The van der Waals surface area contributed by atoms with E-state index in [-0.39, 0.29) is 5.91 Å². The summed E-state index contributed by atoms with van der Waals surface area (Å²) in [5, 5.41) is 0. The van der Waals surface area contributed by atoms with Crippen molar-refractivity contribution in [1.82, 2.24) is 9.88 Å². The molecule has 4 heterocycles. The largest absolute Gasteiger partial charge is 0.363 e. The molecule has 0 bridgehead atoms. The molecule has 1 fully saturated rings. The van der Waals surface area contributed by atoms with Gasteiger partial charge < -0.3 is 9.80 Å². The van der Waals surface area contributed by atoms with Gasteiger partial charge in [-0.15, -0.1) is 0 Å². The van der Waals surface area contributed by atoms with Gasteiger partial charge in [0.05, 0.1) is 5.69 Å². The van der Waals surface area contributed by atoms with Crippen molar-refractivity contribution in [3.8, 4) is 0 Å². The van der Waals surface area contributed by atoms with Gasteiger partial charge in [-0.3, -0.25) is 9.69 Å². The van der Waals surface area contributed by atoms with Crippen LogP contribution >= 0.6 is 0 Å². The molecule has 0 aliphatic carbocycles. The molecule has 5 heteroatoms. The average molecular weight is 300 g/mol. The van der Waals surface area contributed by atoms with E-state index in [1.807, 2.05) is 11.1 Å². The van der Waals surface area contributed by atoms with Crippen molar-refractivity contribution in [2.24, 2.45) is 0 Å². The van der Waals surface area contributed by atoms with Crippen LogP contribution in [0.1, 0.15) is 38.7 Å². The molecule has 5 nitrogen and oxygen atoms in total. The molecule has 22 heavy (non-hydrogen) atoms. The highest BCUT2D eigenvalue weighted by Crippen LogP contribution is 2.49. The summed E-state index contributed by atoms with van der Waals surface area (Å²) in [6.45, 7) is 10.2. The Balaban J connectivity index is 1.76. The predicted octanol–water partition coefficient (Wildman–Crippen LogP) is 1.83. The predicted molar refractivity (Wildman–Crippen MR) is 87.5 cm³/mol. The second-order valence-electron chi connectivity index (χ2n) is 6.99. The molecule has 0 aromatic carbocycles. The maximum Gasteiger partial charge on any atom is 0.225 e. The normalized spacial score (nSPS) is 27.1. The number of fused-ring (bicyclic) bond motifs is 3. The van der Waals surface area contributed by atoms with Gasteiger partial charge in [-0.25, -0.2) is 4.98 Å². The highest BCUT2D eigenvalue weighted by atomic mass is 16.2. The summed E-state index contributed by atoms with van der Waals surface area (Å²) in [6, 6.07) is 3.35. The molecule has 0 spiro atoms. The molecule has 0 saturated carbocycles. The molecule has 3 aliphatic rings. The summed E-state index contributed by atoms with van der Waals surface area (Å²) in [6.07, 6.45) is 3.08. The molecular weight excluding hydrogens is 276 g/mol. The topological polar surface area (TPSA) is 39.7 Å². The number of carbonyl (C=O) groups excluding carboxylic acids is 1. The fourth-order valence-corrected chi connectivity index (χ4v) is 4.42. The van der Waals surface area contributed by atoms with Crippen molar-refractivity contribution < 1.29 is 4.79 Å². The first-order valence-electron chi connectivity index (χ1n) is 8.35. The maximum atomic E-state index is 11.9. The average Bonchev–Trinajstić information content (AvgIpc) is 2.83. The second-order valence-corrected chi connectivity index (χ2v) is 6.99. The number of piperidine rings is 1. The lowest BCUT2D eigenvalue weighted by Gasteiger charge is -2.42. The number of hydrogen-bond acceptors (Lipinski definition) is 4. The number of hydrogen-bond donors (Lipinski definition) is 0. The zero-order valence-corrected chi connectivity index (χ0v) is 13.6. The fraction of sp³-hybridized carbons (Fsp3) is 0.647. The zero-order chi connectivity index (χ0) is 15.4. The second kappa shape index (κ2) is 4.95. The van der Waals surface area contributed by atoms with Crippen LogP contribution in [0.5, 0.6) is 0 Å². The number of anilines is 2. The number of carbonyl (C=O) groups is 1. The summed E-state index contributed by atoms with van der Waals surface area (Å²) in [5.41, 5.74) is 2.62. The minimum atomic E-state index is 0.0965. The van der Waals surface area contributed by atoms with E-state index in [1.165, 1.54) is 24.2 Å². The SMILES string of the molecule is CC(=O)N1CCN2c3c(ccnc31)C1CN(C(C)C)CCC12. The van der Waals surface area contributed by atoms with Gasteiger partial charge >= 0.3 is 0 Å². The van der Waals surface area contributed by atoms with E-state index in [4.69, 9.17) is 0 Å². The summed E-state index contributed by atoms with van der Waals surface area (Å²) in [7, 11) is 0. The van der Waals surface area contributed by atoms with Gasteiger partial charge in [0.15, 0.2) is 5.82 Å². The quantitative estimate of drug-likeness (QED) is 0.793. The third-order valence-electron chi connectivity index (χ3n) is 5.56. The first kappa shape index (κ1) is 14.0. The van der Waals surface area contributed by atoms with Crippen LogP contribution in [0.25, 0.3) is 0 Å². The lowest BCUT2D eigenvalue weighted by Crippen LogP contribution is -2.51. The van der Waals surface area contributed by atoms with Gasteiger partial charge in [0, 0.05) is 57.3 Å². The Hall–Kier alpha value is -1.62. The van der Waals surface area contributed by atoms with Crippen LogP contribution in [0.3, 0.4) is 0 Å². The summed E-state index contributed by atoms with van der Waals surface area (Å²) >= 11 is 0. The van der Waals surface area contributed by atoms with E-state index in [1.54, 1.807) is 6.92 Å². The van der Waals surface area contributed by atoms with Crippen LogP contribution in [0.4, 0.5) is 11.5 Å². The standard InChI is InChI=1S/C17H24N4O/c1-11(2)19-7-5-15-14(10-19)13-4-6-18-17-16(13)21(15)9-8-20(17)12(3)22/h4,6,11,14-15H,5,7-10H2,1-3H3. The molecule has 2 atom stereocenters. The number of aromatic nitrogens is 1. The van der Waals surface area contributed by atoms with Crippen molar-refractivity contribution in [2.75, 3.05) is 36.0 Å². The number of pyridine rings is 1. The number of likely N-dealkylation sites (tertiary alicyclic amines) is 1. The molecule has 1 saturated heterocycles. The van der Waals surface area contributed by atoms with Crippen molar-refractivity contribution in [3.05, 3.63) is 17.8 Å². The van der Waals surface area contributed by atoms with Gasteiger partial charge in [-0.2, -0.15) is 0 Å². The number of rotatable bonds is 1. The Morgan fingerprint density at radius 2 is 2.14 bits per heavy atom. The lowest BCUT2D eigenvalue weighted by molar-refractivity contribution is -0.116. The highest BCUT2D eigenvalue weighted by Gasteiger charge is 2.46. The summed E-state index contributed by atoms with van der Waals surface area (Å²) < 4.78 is 0. The van der Waals surface area contributed by atoms with Crippen LogP contribution in [-0.2, 0) is 4.79 Å². The smallest absolute Gasteiger partial charge is 0.225 e. The Kier molecular flexibility index (Phi) is 3.15. The van der Waals surface area contributed by atoms with Crippen LogP contribution in [0.2, 0.25) is 0 Å². The van der Waals surface area contributed by atoms with E-state index in [0.29, 0.717) is 18.0 Å². The lowest BCUT2D eigenvalue weighted by atomic mass is 9.89. The Morgan fingerprint density at radius 1 is 1.32 bits per heavy atom. The fourth-order valence-electron chi connectivity index (χ4n) is 4.42. The Labute approximate surface area is 131 Å². The maximum absolute atomic E-state index is 11.9. The van der Waals surface area contributed by atoms with E-state index in [9.17, 15) is 4.79 Å². The van der Waals surface area contributed by atoms with Crippen molar-refractivity contribution in [2.45, 2.75) is 45.2 Å². The van der Waals surface area contributed by atoms with Gasteiger partial charge in [0.2, 0.25) is 5.91 Å². The Bertz CT molecular complexity index is 615. The molecular formula is C17H24N4O. The number of nitrogens with zero attached hydrogens (tertiary/aromatic N) is 4. The van der Waals surface area contributed by atoms with E-state index >= 15 is 0 Å². The third-order valence-corrected chi connectivity index (χ3v) is 5.56. The first-order valence-corrected chi connectivity index (χ1v) is 8.35. The van der Waals surface area contributed by atoms with Crippen molar-refractivity contribution in [1.29, 1.82) is 0 Å². The molecule has 1 aromatic heterocycles. The number of amides is 1. The van der Waals surface area contributed by atoms with Crippen LogP contribution < -0.4 is 9.80 Å². The minimum absolute atomic E-state index is 0.0965. The zero-order valence-electron chi connectivity index (χ0n) is 13.6. The van der Waals surface area contributed by atoms with E-state index < -0.39 is 0 Å². The van der Waals surface area contributed by atoms with Crippen LogP contribution in [0, 0.1) is 0 Å². The van der Waals surface area contributed by atoms with Gasteiger partial charge in [-0.1, -0.05) is 0 Å². The van der Waals surface area contributed by atoms with Crippen molar-refractivity contribution >= 4 is 17.4 Å². The molecule has 2 unspecified atom stereocenters. The third kappa shape index (κ3) is 1.88. The molecule has 3 aliphatic heterocycles. The molecule has 1 amide bonds. The molecule has 0 N–H and O–H groups in total. The van der Waals surface area contributed by atoms with Gasteiger partial charge in [-0.05, 0) is 31.9 Å². The summed E-state index contributed by atoms with van der Waals surface area (Å²) in [4.78, 5) is 23.4. The molecule has 118 valence electrons. The van der Waals surface area contributed by atoms with Crippen molar-refractivity contribution in [3.63, 3.8) is 0 Å². The van der Waals surface area contributed by atoms with Gasteiger partial charge in [0.25, 0.3) is 0 Å². The van der Waals surface area contributed by atoms with Gasteiger partial charge in [0.1, 0.15) is 0 Å². The van der Waals surface area contributed by atoms with Crippen LogP contribution in [-0.4, -0.2) is 54.1 Å². The first-order chi connectivity index (χ1) is 10.6. The highest BCUT2D eigenvalue weighted by molar-refractivity contribution is 5.96. The van der Waals surface area contributed by atoms with Crippen LogP contribution in [0.15, 0.2) is 12.3 Å². The monoisotopic (exact) mass is 300 g/mol. The molecule has 1 aromatic rings. The van der Waals surface area contributed by atoms with E-state index in [2.05, 4.69) is 34.7 Å². The summed E-state index contributed by atoms with van der Waals surface area (Å²) in [5.74, 6) is 1.53. The molecule has 4 rings (SSSR count). The Morgan fingerprint density at radius 3 is 2.86 bits per heavy atom. The van der Waals surface area contributed by atoms with E-state index in [0.717, 1.165) is 25.5 Å².